The molecular formula is C17H25BrN2O. The molecule has 2 aliphatic rings. The number of hydrogen-bond acceptors (Lipinski definition) is 3. The zero-order valence-electron chi connectivity index (χ0n) is 12.8. The molecule has 21 heavy (non-hydrogen) atoms. The van der Waals surface area contributed by atoms with Gasteiger partial charge >= 0.3 is 0 Å². The lowest BCUT2D eigenvalue weighted by Crippen LogP contribution is -2.30. The van der Waals surface area contributed by atoms with E-state index < -0.39 is 0 Å². The first-order valence-electron chi connectivity index (χ1n) is 8.03. The van der Waals surface area contributed by atoms with Crippen LogP contribution in [0.5, 0.6) is 0 Å². The molecule has 0 radical (unpaired) electrons. The van der Waals surface area contributed by atoms with E-state index in [4.69, 9.17) is 4.74 Å². The van der Waals surface area contributed by atoms with Crippen LogP contribution in [0.2, 0.25) is 0 Å². The van der Waals surface area contributed by atoms with E-state index >= 15 is 0 Å². The Kier molecular flexibility index (Phi) is 5.19. The number of halogens is 1. The Balaban J connectivity index is 1.66. The molecule has 4 heteroatoms. The average Bonchev–Trinajstić information content (AvgIpc) is 3.30. The summed E-state index contributed by atoms with van der Waals surface area (Å²) in [5, 5.41) is 3.63. The predicted molar refractivity (Wildman–Crippen MR) is 90.8 cm³/mol. The smallest absolute Gasteiger partial charge is 0.0469 e. The van der Waals surface area contributed by atoms with E-state index in [0.29, 0.717) is 0 Å². The van der Waals surface area contributed by atoms with Crippen molar-refractivity contribution in [2.45, 2.75) is 38.3 Å². The monoisotopic (exact) mass is 352 g/mol. The molecule has 2 fully saturated rings. The Morgan fingerprint density at radius 1 is 1.24 bits per heavy atom. The Morgan fingerprint density at radius 2 is 2.00 bits per heavy atom. The van der Waals surface area contributed by atoms with Gasteiger partial charge < -0.3 is 15.0 Å². The summed E-state index contributed by atoms with van der Waals surface area (Å²) >= 11 is 3.60. The van der Waals surface area contributed by atoms with Crippen molar-refractivity contribution in [3.8, 4) is 0 Å². The summed E-state index contributed by atoms with van der Waals surface area (Å²) in [7, 11) is 2.22. The SMILES string of the molecule is CN(CC1CCOCC1)c1ccc(Br)cc1CNC1CC1. The molecule has 0 bridgehead atoms. The highest BCUT2D eigenvalue weighted by atomic mass is 79.9. The van der Waals surface area contributed by atoms with Gasteiger partial charge in [0.1, 0.15) is 0 Å². The van der Waals surface area contributed by atoms with Crippen LogP contribution < -0.4 is 10.2 Å². The number of benzene rings is 1. The minimum Gasteiger partial charge on any atom is -0.381 e. The number of anilines is 1. The van der Waals surface area contributed by atoms with E-state index in [1.807, 2.05) is 0 Å². The highest BCUT2D eigenvalue weighted by molar-refractivity contribution is 9.10. The van der Waals surface area contributed by atoms with Gasteiger partial charge in [-0.2, -0.15) is 0 Å². The molecule has 1 aliphatic heterocycles. The van der Waals surface area contributed by atoms with E-state index in [2.05, 4.69) is 51.4 Å². The van der Waals surface area contributed by atoms with Crippen molar-refractivity contribution in [2.75, 3.05) is 31.7 Å². The highest BCUT2D eigenvalue weighted by Gasteiger charge is 2.21. The van der Waals surface area contributed by atoms with Crippen LogP contribution in [-0.4, -0.2) is 32.8 Å². The molecule has 0 spiro atoms. The van der Waals surface area contributed by atoms with Crippen LogP contribution in [-0.2, 0) is 11.3 Å². The third-order valence-electron chi connectivity index (χ3n) is 4.48. The lowest BCUT2D eigenvalue weighted by Gasteiger charge is -2.30. The first-order valence-corrected chi connectivity index (χ1v) is 8.82. The molecule has 0 aromatic heterocycles. The second kappa shape index (κ2) is 7.12. The van der Waals surface area contributed by atoms with Crippen molar-refractivity contribution in [3.05, 3.63) is 28.2 Å². The molecule has 0 amide bonds. The molecule has 1 aromatic rings. The van der Waals surface area contributed by atoms with E-state index in [1.165, 1.54) is 41.4 Å². The predicted octanol–water partition coefficient (Wildman–Crippen LogP) is 3.56. The fraction of sp³-hybridized carbons (Fsp3) is 0.647. The second-order valence-electron chi connectivity index (χ2n) is 6.36. The van der Waals surface area contributed by atoms with Gasteiger partial charge in [0.2, 0.25) is 0 Å². The highest BCUT2D eigenvalue weighted by Crippen LogP contribution is 2.27. The molecule has 1 saturated carbocycles. The maximum Gasteiger partial charge on any atom is 0.0469 e. The Hall–Kier alpha value is -0.580. The zero-order chi connectivity index (χ0) is 14.7. The molecular weight excluding hydrogens is 328 g/mol. The van der Waals surface area contributed by atoms with Gasteiger partial charge in [0.25, 0.3) is 0 Å². The number of nitrogens with zero attached hydrogens (tertiary/aromatic N) is 1. The van der Waals surface area contributed by atoms with Crippen LogP contribution in [0.1, 0.15) is 31.2 Å². The van der Waals surface area contributed by atoms with Crippen LogP contribution in [0.3, 0.4) is 0 Å². The van der Waals surface area contributed by atoms with E-state index in [-0.39, 0.29) is 0 Å². The molecule has 3 rings (SSSR count). The van der Waals surface area contributed by atoms with Crippen molar-refractivity contribution in [3.63, 3.8) is 0 Å². The molecule has 1 saturated heterocycles. The summed E-state index contributed by atoms with van der Waals surface area (Å²) in [4.78, 5) is 2.42. The van der Waals surface area contributed by atoms with Crippen LogP contribution in [0.4, 0.5) is 5.69 Å². The number of nitrogens with one attached hydrogen (secondary N) is 1. The number of rotatable bonds is 6. The van der Waals surface area contributed by atoms with Crippen LogP contribution in [0, 0.1) is 5.92 Å². The minimum atomic E-state index is 0.748. The summed E-state index contributed by atoms with van der Waals surface area (Å²) in [5.41, 5.74) is 2.75. The topological polar surface area (TPSA) is 24.5 Å². The maximum absolute atomic E-state index is 5.46. The molecule has 0 atom stereocenters. The van der Waals surface area contributed by atoms with Crippen molar-refractivity contribution in [1.82, 2.24) is 5.32 Å². The average molecular weight is 353 g/mol. The largest absolute Gasteiger partial charge is 0.381 e. The molecule has 1 heterocycles. The lowest BCUT2D eigenvalue weighted by atomic mass is 9.99. The van der Waals surface area contributed by atoms with Crippen LogP contribution >= 0.6 is 15.9 Å². The van der Waals surface area contributed by atoms with Gasteiger partial charge in [-0.15, -0.1) is 0 Å². The molecule has 0 unspecified atom stereocenters. The summed E-state index contributed by atoms with van der Waals surface area (Å²) in [6.07, 6.45) is 5.05. The maximum atomic E-state index is 5.46. The fourth-order valence-electron chi connectivity index (χ4n) is 3.02. The van der Waals surface area contributed by atoms with Crippen LogP contribution in [0.25, 0.3) is 0 Å². The first-order chi connectivity index (χ1) is 10.2. The standard InChI is InChI=1S/C17H25BrN2O/c1-20(12-13-6-8-21-9-7-13)17-5-2-15(18)10-14(17)11-19-16-3-4-16/h2,5,10,13,16,19H,3-4,6-9,11-12H2,1H3. The van der Waals surface area contributed by atoms with Crippen LogP contribution in [0.15, 0.2) is 22.7 Å². The molecule has 1 aliphatic carbocycles. The third-order valence-corrected chi connectivity index (χ3v) is 4.98. The summed E-state index contributed by atoms with van der Waals surface area (Å²) < 4.78 is 6.63. The van der Waals surface area contributed by atoms with E-state index in [9.17, 15) is 0 Å². The van der Waals surface area contributed by atoms with Gasteiger partial charge in [0.15, 0.2) is 0 Å². The Morgan fingerprint density at radius 3 is 2.71 bits per heavy atom. The van der Waals surface area contributed by atoms with E-state index in [1.54, 1.807) is 0 Å². The van der Waals surface area contributed by atoms with Gasteiger partial charge in [-0.25, -0.2) is 0 Å². The van der Waals surface area contributed by atoms with Gasteiger partial charge in [-0.3, -0.25) is 0 Å². The van der Waals surface area contributed by atoms with Crippen molar-refractivity contribution < 1.29 is 4.74 Å². The van der Waals surface area contributed by atoms with Crippen molar-refractivity contribution in [2.24, 2.45) is 5.92 Å². The zero-order valence-corrected chi connectivity index (χ0v) is 14.4. The van der Waals surface area contributed by atoms with Gasteiger partial charge in [0.05, 0.1) is 0 Å². The molecule has 3 nitrogen and oxygen atoms in total. The third kappa shape index (κ3) is 4.44. The normalized spacial score (nSPS) is 19.7. The minimum absolute atomic E-state index is 0.748. The van der Waals surface area contributed by atoms with E-state index in [0.717, 1.165) is 38.3 Å². The molecule has 1 N–H and O–H groups in total. The second-order valence-corrected chi connectivity index (χ2v) is 7.28. The number of ether oxygens (including phenoxy) is 1. The lowest BCUT2D eigenvalue weighted by molar-refractivity contribution is 0.0685. The summed E-state index contributed by atoms with van der Waals surface area (Å²) in [5.74, 6) is 0.761. The Bertz CT molecular complexity index is 470. The van der Waals surface area contributed by atoms with Crippen molar-refractivity contribution >= 4 is 21.6 Å². The summed E-state index contributed by atoms with van der Waals surface area (Å²) in [6, 6.07) is 7.40. The van der Waals surface area contributed by atoms with Gasteiger partial charge in [-0.1, -0.05) is 15.9 Å². The fourth-order valence-corrected chi connectivity index (χ4v) is 3.43. The molecule has 116 valence electrons. The summed E-state index contributed by atoms with van der Waals surface area (Å²) in [6.45, 7) is 3.95. The van der Waals surface area contributed by atoms with Gasteiger partial charge in [-0.05, 0) is 55.4 Å². The quantitative estimate of drug-likeness (QED) is 0.846. The first kappa shape index (κ1) is 15.3. The van der Waals surface area contributed by atoms with Gasteiger partial charge in [0, 0.05) is 49.6 Å². The number of hydrogen-bond donors (Lipinski definition) is 1. The Labute approximate surface area is 136 Å². The van der Waals surface area contributed by atoms with Crippen molar-refractivity contribution in [1.29, 1.82) is 0 Å². The molecule has 1 aromatic carbocycles.